The van der Waals surface area contributed by atoms with Crippen LogP contribution in [-0.4, -0.2) is 125 Å². The fourth-order valence-corrected chi connectivity index (χ4v) is 13.7. The quantitative estimate of drug-likeness (QED) is 0.0203. The SMILES string of the molecule is CC(C)CN1C=CC(C)(C)C(C(=O)CCCCCBr)C1.CC(C)CN1C=CC(C)(C)CC1.COc1ccc(C(=O)C(CCCCCC(=O)C2CN(CC(C)C)C=CC2(C)C)C(=O)c2ccc(C(C)(C)C)cc2)cc1.COc1ccc(C(=O)CC(=O)c2ccc(C(C)(C)C)cc2)cc1.O=C(O)CCCCCBr. The van der Waals surface area contributed by atoms with E-state index in [4.69, 9.17) is 14.6 Å². The molecule has 1 N–H and O–H groups in total. The zero-order valence-electron chi connectivity index (χ0n) is 68.6. The number of unbranched alkanes of at least 4 members (excludes halogenated alkanes) is 6. The average molecular weight is 1590 g/mol. The van der Waals surface area contributed by atoms with Crippen LogP contribution in [-0.2, 0) is 25.2 Å². The van der Waals surface area contributed by atoms with E-state index in [0.29, 0.717) is 88.3 Å². The molecule has 106 heavy (non-hydrogen) atoms. The lowest BCUT2D eigenvalue weighted by Crippen LogP contribution is -2.43. The first-order valence-electron chi connectivity index (χ1n) is 39.0. The Labute approximate surface area is 657 Å². The molecule has 7 rings (SSSR count). The summed E-state index contributed by atoms with van der Waals surface area (Å²) in [7, 11) is 3.16. The van der Waals surface area contributed by atoms with Gasteiger partial charge in [-0.2, -0.15) is 0 Å². The molecule has 0 bridgehead atoms. The molecule has 15 heteroatoms. The monoisotopic (exact) mass is 1590 g/mol. The number of carboxylic acids is 1. The molecular weight excluding hydrogens is 1450 g/mol. The largest absolute Gasteiger partial charge is 0.497 e. The minimum absolute atomic E-state index is 0.0000141. The minimum atomic E-state index is -0.762. The highest BCUT2D eigenvalue weighted by atomic mass is 79.9. The van der Waals surface area contributed by atoms with Crippen LogP contribution in [0, 0.1) is 51.8 Å². The molecule has 3 unspecified atom stereocenters. The number of carbonyl (C=O) groups is 7. The first-order chi connectivity index (χ1) is 49.7. The van der Waals surface area contributed by atoms with Crippen molar-refractivity contribution in [3.63, 3.8) is 0 Å². The van der Waals surface area contributed by atoms with Crippen molar-refractivity contribution in [1.82, 2.24) is 14.7 Å². The molecule has 0 aliphatic carbocycles. The first-order valence-corrected chi connectivity index (χ1v) is 41.2. The number of ether oxygens (including phenoxy) is 2. The normalized spacial score (nSPS) is 16.6. The van der Waals surface area contributed by atoms with Crippen LogP contribution < -0.4 is 9.47 Å². The number of Topliss-reactive ketones (excluding diaryl/α,β-unsaturated/α-hetero) is 6. The van der Waals surface area contributed by atoms with Crippen molar-refractivity contribution < 1.29 is 48.1 Å². The van der Waals surface area contributed by atoms with Gasteiger partial charge in [0.15, 0.2) is 23.1 Å². The maximum absolute atomic E-state index is 13.7. The summed E-state index contributed by atoms with van der Waals surface area (Å²) < 4.78 is 10.3. The van der Waals surface area contributed by atoms with Crippen LogP contribution in [0.1, 0.15) is 273 Å². The van der Waals surface area contributed by atoms with Gasteiger partial charge in [0.1, 0.15) is 23.1 Å². The van der Waals surface area contributed by atoms with E-state index in [9.17, 15) is 33.6 Å². The third kappa shape index (κ3) is 34.8. The Hall–Kier alpha value is -6.45. The van der Waals surface area contributed by atoms with Crippen molar-refractivity contribution in [2.24, 2.45) is 51.8 Å². The summed E-state index contributed by atoms with van der Waals surface area (Å²) in [4.78, 5) is 94.6. The van der Waals surface area contributed by atoms with Gasteiger partial charge in [-0.05, 0) is 168 Å². The van der Waals surface area contributed by atoms with Gasteiger partial charge in [0, 0.05) is 103 Å². The fraction of sp³-hybridized carbons (Fsp3) is 0.593. The van der Waals surface area contributed by atoms with E-state index in [1.807, 2.05) is 36.4 Å². The van der Waals surface area contributed by atoms with Crippen molar-refractivity contribution in [2.45, 2.75) is 232 Å². The third-order valence-electron chi connectivity index (χ3n) is 19.8. The molecule has 0 spiro atoms. The topological polar surface area (TPSA) is 168 Å². The fourth-order valence-electron chi connectivity index (χ4n) is 12.9. The van der Waals surface area contributed by atoms with Crippen LogP contribution in [0.3, 0.4) is 0 Å². The van der Waals surface area contributed by atoms with Crippen LogP contribution in [0.2, 0.25) is 0 Å². The summed E-state index contributed by atoms with van der Waals surface area (Å²) in [6.07, 6.45) is 25.0. The number of allylic oxidation sites excluding steroid dienone is 3. The number of rotatable bonds is 34. The summed E-state index contributed by atoms with van der Waals surface area (Å²) in [6.45, 7) is 45.5. The second kappa shape index (κ2) is 46.2. The summed E-state index contributed by atoms with van der Waals surface area (Å²) in [5.74, 6) is 2.07. The number of halogens is 2. The van der Waals surface area contributed by atoms with Gasteiger partial charge in [-0.3, -0.25) is 33.6 Å². The smallest absolute Gasteiger partial charge is 0.303 e. The van der Waals surface area contributed by atoms with Gasteiger partial charge in [0.2, 0.25) is 0 Å². The lowest BCUT2D eigenvalue weighted by atomic mass is 9.73. The van der Waals surface area contributed by atoms with Crippen LogP contribution in [0.25, 0.3) is 0 Å². The highest BCUT2D eigenvalue weighted by Crippen LogP contribution is 2.37. The number of benzene rings is 4. The molecule has 0 aromatic heterocycles. The van der Waals surface area contributed by atoms with E-state index in [1.54, 1.807) is 74.9 Å². The standard InChI is InChI=1S/C37H51NO4.C20H22O3.C17H30BrNO.C11H21N.C6H11BrO2/c1-26(2)24-38-23-22-37(6,7)32(25-38)33(39)13-11-9-10-12-31(35(41)28-16-20-30(42-8)21-17-28)34(40)27-14-18-29(19-15-27)36(3,4)5;1-20(2,3)16-9-5-14(6-10-16)18(21)13-19(22)15-7-11-17(23-4)12-8-15;1-14(2)12-19-11-9-17(3,4)15(13-19)16(20)8-6-5-7-10-18;1-10(2)9-12-7-5-11(3,4)6-8-12;7-5-3-1-2-4-6(8)9/h14-23,26,31-32H,9-13,24-25H2,1-8H3;5-12H,13H2,1-4H3;9,11,14-15H,5-8,10,12-13H2,1-4H3;5,7,10H,6,8-9H2,1-4H3;1-5H2,(H,8,9). The maximum atomic E-state index is 13.7. The molecule has 0 saturated carbocycles. The molecule has 4 aromatic carbocycles. The van der Waals surface area contributed by atoms with Crippen molar-refractivity contribution in [3.05, 3.63) is 167 Å². The second-order valence-corrected chi connectivity index (χ2v) is 35.9. The van der Waals surface area contributed by atoms with Crippen molar-refractivity contribution in [1.29, 1.82) is 0 Å². The Morgan fingerprint density at radius 1 is 0.462 bits per heavy atom. The van der Waals surface area contributed by atoms with E-state index in [2.05, 4.69) is 208 Å². The van der Waals surface area contributed by atoms with Gasteiger partial charge in [-0.25, -0.2) is 0 Å². The van der Waals surface area contributed by atoms with Crippen LogP contribution in [0.5, 0.6) is 11.5 Å². The molecule has 13 nitrogen and oxygen atoms in total. The van der Waals surface area contributed by atoms with Crippen LogP contribution in [0.4, 0.5) is 0 Å². The number of nitrogens with zero attached hydrogens (tertiary/aromatic N) is 3. The molecule has 4 aromatic rings. The summed E-state index contributed by atoms with van der Waals surface area (Å²) in [6, 6.07) is 28.9. The van der Waals surface area contributed by atoms with Gasteiger partial charge >= 0.3 is 5.97 Å². The summed E-state index contributed by atoms with van der Waals surface area (Å²) in [5, 5.41) is 10.2. The maximum Gasteiger partial charge on any atom is 0.303 e. The van der Waals surface area contributed by atoms with E-state index >= 15 is 0 Å². The number of methoxy groups -OCH3 is 2. The van der Waals surface area contributed by atoms with Gasteiger partial charge in [-0.1, -0.05) is 249 Å². The zero-order chi connectivity index (χ0) is 79.6. The van der Waals surface area contributed by atoms with Crippen LogP contribution in [0.15, 0.2) is 134 Å². The number of carboxylic acid groups (broad SMARTS) is 1. The highest BCUT2D eigenvalue weighted by molar-refractivity contribution is 9.09. The second-order valence-electron chi connectivity index (χ2n) is 34.4. The van der Waals surface area contributed by atoms with Crippen molar-refractivity contribution in [2.75, 3.05) is 64.1 Å². The Balaban J connectivity index is 0.000000383. The van der Waals surface area contributed by atoms with Gasteiger partial charge in [-0.15, -0.1) is 0 Å². The molecule has 3 heterocycles. The lowest BCUT2D eigenvalue weighted by Gasteiger charge is -2.40. The number of ketones is 6. The Bertz CT molecular complexity index is 3410. The molecule has 3 aliphatic heterocycles. The molecule has 588 valence electrons. The van der Waals surface area contributed by atoms with Gasteiger partial charge in [0.25, 0.3) is 0 Å². The van der Waals surface area contributed by atoms with E-state index in [1.165, 1.54) is 25.9 Å². The minimum Gasteiger partial charge on any atom is -0.497 e. The first kappa shape index (κ1) is 93.8. The zero-order valence-corrected chi connectivity index (χ0v) is 71.8. The Morgan fingerprint density at radius 2 is 0.802 bits per heavy atom. The highest BCUT2D eigenvalue weighted by Gasteiger charge is 2.38. The van der Waals surface area contributed by atoms with Crippen molar-refractivity contribution in [3.8, 4) is 11.5 Å². The third-order valence-corrected chi connectivity index (χ3v) is 20.9. The predicted molar refractivity (Wildman–Crippen MR) is 447 cm³/mol. The molecule has 3 aliphatic rings. The average Bonchev–Trinajstić information content (AvgIpc) is 0.824. The summed E-state index contributed by atoms with van der Waals surface area (Å²) >= 11 is 6.71. The molecule has 3 atom stereocenters. The van der Waals surface area contributed by atoms with Gasteiger partial charge in [0.05, 0.1) is 26.6 Å². The van der Waals surface area contributed by atoms with E-state index in [0.717, 1.165) is 105 Å². The lowest BCUT2D eigenvalue weighted by molar-refractivity contribution is -0.137. The Kier molecular flexibility index (Phi) is 40.8. The van der Waals surface area contributed by atoms with E-state index in [-0.39, 0.29) is 63.0 Å². The molecule has 0 radical (unpaired) electrons. The molecule has 0 amide bonds. The molecular formula is C91H135Br2N3O10. The Morgan fingerprint density at radius 3 is 1.14 bits per heavy atom. The predicted octanol–water partition coefficient (Wildman–Crippen LogP) is 22.3. The number of carbonyl (C=O) groups excluding carboxylic acids is 6. The number of hydrogen-bond donors (Lipinski definition) is 1. The summed E-state index contributed by atoms with van der Waals surface area (Å²) in [5.41, 5.74) is 4.75. The van der Waals surface area contributed by atoms with Crippen molar-refractivity contribution >= 4 is 72.5 Å². The number of alkyl halides is 2. The number of aliphatic carboxylic acids is 1. The molecule has 0 fully saturated rings. The van der Waals surface area contributed by atoms with Crippen LogP contribution >= 0.6 is 31.9 Å². The number of hydrogen-bond acceptors (Lipinski definition) is 12. The van der Waals surface area contributed by atoms with E-state index < -0.39 is 11.9 Å². The van der Waals surface area contributed by atoms with Gasteiger partial charge < -0.3 is 29.3 Å². The molecule has 0 saturated heterocycles.